The van der Waals surface area contributed by atoms with E-state index in [4.69, 9.17) is 12.2 Å². The van der Waals surface area contributed by atoms with Gasteiger partial charge >= 0.3 is 0 Å². The summed E-state index contributed by atoms with van der Waals surface area (Å²) in [6, 6.07) is 1.63. The summed E-state index contributed by atoms with van der Waals surface area (Å²) < 4.78 is 0.497. The molecule has 0 spiro atoms. The molecule has 0 N–H and O–H groups in total. The molecule has 0 aliphatic heterocycles. The Labute approximate surface area is 109 Å². The van der Waals surface area contributed by atoms with Crippen molar-refractivity contribution in [2.24, 2.45) is 0 Å². The van der Waals surface area contributed by atoms with E-state index in [1.165, 1.54) is 6.42 Å². The number of rotatable bonds is 8. The fraction of sp³-hybridized carbons (Fsp3) is 0.692. The first-order valence-corrected chi connectivity index (χ1v) is 6.74. The quantitative estimate of drug-likeness (QED) is 0.524. The first-order chi connectivity index (χ1) is 8.10. The molecule has 0 aromatic heterocycles. The third-order valence-electron chi connectivity index (χ3n) is 3.25. The van der Waals surface area contributed by atoms with E-state index in [9.17, 15) is 4.79 Å². The summed E-state index contributed by atoms with van der Waals surface area (Å²) in [5.41, 5.74) is 0.942. The van der Waals surface area contributed by atoms with Crippen LogP contribution in [-0.2, 0) is 0 Å². The minimum absolute atomic E-state index is 0.00462. The van der Waals surface area contributed by atoms with Crippen LogP contribution in [0.3, 0.4) is 0 Å². The summed E-state index contributed by atoms with van der Waals surface area (Å²) in [6.07, 6.45) is 2.33. The second-order valence-corrected chi connectivity index (χ2v) is 4.79. The fourth-order valence-corrected chi connectivity index (χ4v) is 2.21. The number of anilines is 1. The number of hydrogen-bond donors (Lipinski definition) is 0. The highest BCUT2D eigenvalue weighted by Crippen LogP contribution is 2.14. The monoisotopic (exact) mass is 254 g/mol. The van der Waals surface area contributed by atoms with Crippen molar-refractivity contribution >= 4 is 17.9 Å². The van der Waals surface area contributed by atoms with Crippen molar-refractivity contribution in [3.05, 3.63) is 20.8 Å². The number of unbranched alkanes of at least 4 members (excludes halogenated alkanes) is 1. The lowest BCUT2D eigenvalue weighted by Gasteiger charge is -2.22. The van der Waals surface area contributed by atoms with Gasteiger partial charge in [0.15, 0.2) is 0 Å². The molecule has 0 atom stereocenters. The molecule has 0 heterocycles. The van der Waals surface area contributed by atoms with Crippen LogP contribution in [-0.4, -0.2) is 38.1 Å². The molecule has 17 heavy (non-hydrogen) atoms. The van der Waals surface area contributed by atoms with E-state index < -0.39 is 0 Å². The second-order valence-electron chi connectivity index (χ2n) is 4.38. The highest BCUT2D eigenvalue weighted by molar-refractivity contribution is 7.71. The Bertz CT molecular complexity index is 405. The average Bonchev–Trinajstić information content (AvgIpc) is 2.35. The van der Waals surface area contributed by atoms with E-state index in [1.54, 1.807) is 6.07 Å². The third-order valence-corrected chi connectivity index (χ3v) is 3.66. The van der Waals surface area contributed by atoms with E-state index in [2.05, 4.69) is 23.6 Å². The first-order valence-electron chi connectivity index (χ1n) is 6.34. The summed E-state index contributed by atoms with van der Waals surface area (Å²) in [7, 11) is 2.00. The number of nitrogens with zero attached hydrogens (tertiary/aromatic N) is 2. The normalized spacial score (nSPS) is 11.3. The Hall–Kier alpha value is -0.740. The van der Waals surface area contributed by atoms with Crippen molar-refractivity contribution in [2.75, 3.05) is 38.1 Å². The molecule has 0 aliphatic carbocycles. The first kappa shape index (κ1) is 14.3. The lowest BCUT2D eigenvalue weighted by atomic mass is 10.2. The van der Waals surface area contributed by atoms with Crippen molar-refractivity contribution in [3.8, 4) is 0 Å². The van der Waals surface area contributed by atoms with E-state index in [1.807, 2.05) is 7.05 Å². The van der Waals surface area contributed by atoms with Gasteiger partial charge in [-0.1, -0.05) is 26.1 Å². The zero-order valence-corrected chi connectivity index (χ0v) is 11.8. The molecule has 1 rings (SSSR count). The van der Waals surface area contributed by atoms with E-state index >= 15 is 0 Å². The smallest absolute Gasteiger partial charge is 0.200 e. The lowest BCUT2D eigenvalue weighted by molar-refractivity contribution is 0.297. The molecule has 0 aliphatic rings. The molecule has 0 fully saturated rings. The molecule has 0 radical (unpaired) electrons. The van der Waals surface area contributed by atoms with Gasteiger partial charge in [0.1, 0.15) is 4.51 Å². The summed E-state index contributed by atoms with van der Waals surface area (Å²) in [4.78, 5) is 15.5. The minimum Gasteiger partial charge on any atom is -0.373 e. The lowest BCUT2D eigenvalue weighted by Crippen LogP contribution is -2.27. The van der Waals surface area contributed by atoms with Crippen LogP contribution in [0.4, 0.5) is 5.69 Å². The van der Waals surface area contributed by atoms with Gasteiger partial charge < -0.3 is 9.80 Å². The molecule has 0 bridgehead atoms. The fourth-order valence-electron chi connectivity index (χ4n) is 1.93. The van der Waals surface area contributed by atoms with Crippen LogP contribution in [0.15, 0.2) is 10.9 Å². The largest absolute Gasteiger partial charge is 0.373 e. The summed E-state index contributed by atoms with van der Waals surface area (Å²) >= 11 is 4.99. The molecule has 0 amide bonds. The van der Waals surface area contributed by atoms with E-state index in [0.29, 0.717) is 4.51 Å². The Kier molecular flexibility index (Phi) is 5.78. The van der Waals surface area contributed by atoms with Gasteiger partial charge in [-0.05, 0) is 32.5 Å². The second kappa shape index (κ2) is 6.87. The Balaban J connectivity index is 2.22. The Morgan fingerprint density at radius 3 is 2.24 bits per heavy atom. The minimum atomic E-state index is 0.00462. The molecular formula is C13H22N2OS. The van der Waals surface area contributed by atoms with Gasteiger partial charge in [-0.15, -0.1) is 0 Å². The van der Waals surface area contributed by atoms with Crippen LogP contribution in [0.1, 0.15) is 26.7 Å². The molecule has 1 aromatic rings. The number of hydrogen-bond acceptors (Lipinski definition) is 4. The maximum absolute atomic E-state index is 11.0. The van der Waals surface area contributed by atoms with E-state index in [-0.39, 0.29) is 5.43 Å². The predicted molar refractivity (Wildman–Crippen MR) is 76.2 cm³/mol. The van der Waals surface area contributed by atoms with Gasteiger partial charge in [0.25, 0.3) is 0 Å². The zero-order chi connectivity index (χ0) is 12.8. The topological polar surface area (TPSA) is 23.6 Å². The standard InChI is InChI=1S/C13H22N2OS/c1-4-15(5-2)9-7-6-8-14(3)11-10-12(16)13(11)17/h10H,4-9H2,1-3H3. The average molecular weight is 254 g/mol. The highest BCUT2D eigenvalue weighted by Gasteiger charge is 2.10. The van der Waals surface area contributed by atoms with Crippen molar-refractivity contribution in [1.29, 1.82) is 0 Å². The van der Waals surface area contributed by atoms with Gasteiger partial charge in [0.05, 0.1) is 5.69 Å². The van der Waals surface area contributed by atoms with Crippen molar-refractivity contribution in [3.63, 3.8) is 0 Å². The van der Waals surface area contributed by atoms with Crippen LogP contribution in [0.2, 0.25) is 0 Å². The summed E-state index contributed by atoms with van der Waals surface area (Å²) in [6.45, 7) is 8.76. The molecule has 0 saturated heterocycles. The third kappa shape index (κ3) is 3.89. The van der Waals surface area contributed by atoms with Gasteiger partial charge in [0.2, 0.25) is 5.43 Å². The van der Waals surface area contributed by atoms with Crippen LogP contribution in [0, 0.1) is 4.51 Å². The Morgan fingerprint density at radius 1 is 1.18 bits per heavy atom. The van der Waals surface area contributed by atoms with Gasteiger partial charge in [-0.2, -0.15) is 0 Å². The van der Waals surface area contributed by atoms with Gasteiger partial charge in [0, 0.05) is 19.7 Å². The molecule has 4 heteroatoms. The molecule has 0 unspecified atom stereocenters. The molecular weight excluding hydrogens is 232 g/mol. The van der Waals surface area contributed by atoms with Crippen molar-refractivity contribution < 1.29 is 0 Å². The maximum atomic E-state index is 11.0. The molecule has 1 aromatic carbocycles. The van der Waals surface area contributed by atoms with Crippen LogP contribution < -0.4 is 10.3 Å². The van der Waals surface area contributed by atoms with Crippen molar-refractivity contribution in [1.82, 2.24) is 4.90 Å². The molecule has 3 nitrogen and oxygen atoms in total. The molecule has 96 valence electrons. The van der Waals surface area contributed by atoms with E-state index in [0.717, 1.165) is 38.3 Å². The summed E-state index contributed by atoms with van der Waals surface area (Å²) in [5, 5.41) is 0. The van der Waals surface area contributed by atoms with Crippen LogP contribution in [0.25, 0.3) is 0 Å². The zero-order valence-electron chi connectivity index (χ0n) is 11.0. The van der Waals surface area contributed by atoms with Crippen molar-refractivity contribution in [2.45, 2.75) is 26.7 Å². The SMILES string of the molecule is CCN(CC)CCCCN(C)c1cc(=O)c1=S. The predicted octanol–water partition coefficient (Wildman–Crippen LogP) is 2.21. The van der Waals surface area contributed by atoms with Gasteiger partial charge in [-0.3, -0.25) is 4.79 Å². The highest BCUT2D eigenvalue weighted by atomic mass is 32.1. The molecule has 0 saturated carbocycles. The summed E-state index contributed by atoms with van der Waals surface area (Å²) in [5.74, 6) is 0. The maximum Gasteiger partial charge on any atom is 0.200 e. The Morgan fingerprint density at radius 2 is 1.76 bits per heavy atom. The van der Waals surface area contributed by atoms with Crippen LogP contribution in [0.5, 0.6) is 0 Å². The van der Waals surface area contributed by atoms with Gasteiger partial charge in [-0.25, -0.2) is 0 Å². The van der Waals surface area contributed by atoms with Crippen LogP contribution >= 0.6 is 12.2 Å².